The third-order valence-electron chi connectivity index (χ3n) is 1.50. The monoisotopic (exact) mass is 271 g/mol. The van der Waals surface area contributed by atoms with Gasteiger partial charge in [-0.1, -0.05) is 11.3 Å². The van der Waals surface area contributed by atoms with Crippen LogP contribution in [0.2, 0.25) is 0 Å². The van der Waals surface area contributed by atoms with E-state index in [1.807, 2.05) is 6.92 Å². The standard InChI is InChI=1S/C7H6BrN5S/c1-3-12-13-7(14-3)5-6(9)10-2-4(8)11-5/h2H,1H3,(H2,9,10). The Bertz CT molecular complexity index is 469. The molecule has 0 aliphatic heterocycles. The van der Waals surface area contributed by atoms with Crippen molar-refractivity contribution < 1.29 is 0 Å². The molecule has 2 heterocycles. The predicted octanol–water partition coefficient (Wildman–Crippen LogP) is 1.65. The van der Waals surface area contributed by atoms with Gasteiger partial charge in [0, 0.05) is 0 Å². The Morgan fingerprint density at radius 3 is 2.86 bits per heavy atom. The fourth-order valence-corrected chi connectivity index (χ4v) is 1.90. The van der Waals surface area contributed by atoms with E-state index in [2.05, 4.69) is 36.1 Å². The molecular formula is C7H6BrN5S. The van der Waals surface area contributed by atoms with Crippen molar-refractivity contribution in [2.45, 2.75) is 6.92 Å². The van der Waals surface area contributed by atoms with Gasteiger partial charge < -0.3 is 5.73 Å². The zero-order chi connectivity index (χ0) is 10.1. The summed E-state index contributed by atoms with van der Waals surface area (Å²) < 4.78 is 0.634. The Hall–Kier alpha value is -1.08. The highest BCUT2D eigenvalue weighted by Crippen LogP contribution is 2.26. The van der Waals surface area contributed by atoms with Gasteiger partial charge in [0.05, 0.1) is 6.20 Å². The van der Waals surface area contributed by atoms with E-state index in [-0.39, 0.29) is 0 Å². The molecule has 2 N–H and O–H groups in total. The Kier molecular flexibility index (Phi) is 2.42. The van der Waals surface area contributed by atoms with Crippen LogP contribution < -0.4 is 5.73 Å². The molecule has 14 heavy (non-hydrogen) atoms. The number of rotatable bonds is 1. The van der Waals surface area contributed by atoms with Crippen LogP contribution in [0.3, 0.4) is 0 Å². The zero-order valence-corrected chi connectivity index (χ0v) is 9.63. The number of hydrogen-bond donors (Lipinski definition) is 1. The van der Waals surface area contributed by atoms with E-state index in [9.17, 15) is 0 Å². The topological polar surface area (TPSA) is 77.6 Å². The van der Waals surface area contributed by atoms with Crippen LogP contribution in [0, 0.1) is 6.92 Å². The van der Waals surface area contributed by atoms with E-state index < -0.39 is 0 Å². The number of anilines is 1. The molecule has 0 amide bonds. The minimum atomic E-state index is 0.365. The Morgan fingerprint density at radius 2 is 2.21 bits per heavy atom. The first-order chi connectivity index (χ1) is 6.66. The fraction of sp³-hybridized carbons (Fsp3) is 0.143. The highest BCUT2D eigenvalue weighted by Gasteiger charge is 2.10. The maximum Gasteiger partial charge on any atom is 0.170 e. The molecule has 0 aliphatic rings. The van der Waals surface area contributed by atoms with Crippen molar-refractivity contribution in [3.63, 3.8) is 0 Å². The summed E-state index contributed by atoms with van der Waals surface area (Å²) in [6.07, 6.45) is 1.55. The Balaban J connectivity index is 2.55. The molecule has 0 atom stereocenters. The van der Waals surface area contributed by atoms with Gasteiger partial charge in [0.25, 0.3) is 0 Å². The van der Waals surface area contributed by atoms with Crippen molar-refractivity contribution >= 4 is 33.1 Å². The van der Waals surface area contributed by atoms with Crippen molar-refractivity contribution in [3.8, 4) is 10.7 Å². The number of nitrogen functional groups attached to an aromatic ring is 1. The molecule has 2 rings (SSSR count). The average Bonchev–Trinajstić information content (AvgIpc) is 2.56. The van der Waals surface area contributed by atoms with Crippen LogP contribution in [-0.2, 0) is 0 Å². The lowest BCUT2D eigenvalue weighted by Gasteiger charge is -1.98. The van der Waals surface area contributed by atoms with Crippen LogP contribution in [0.15, 0.2) is 10.8 Å². The molecule has 0 radical (unpaired) electrons. The van der Waals surface area contributed by atoms with Crippen LogP contribution in [-0.4, -0.2) is 20.2 Å². The largest absolute Gasteiger partial charge is 0.382 e. The van der Waals surface area contributed by atoms with Gasteiger partial charge in [-0.2, -0.15) is 0 Å². The molecule has 0 aromatic carbocycles. The van der Waals surface area contributed by atoms with Crippen molar-refractivity contribution in [2.24, 2.45) is 0 Å². The van der Waals surface area contributed by atoms with Crippen molar-refractivity contribution in [1.29, 1.82) is 0 Å². The number of hydrogen-bond acceptors (Lipinski definition) is 6. The SMILES string of the molecule is Cc1nnc(-c2nc(Br)cnc2N)s1. The summed E-state index contributed by atoms with van der Waals surface area (Å²) in [4.78, 5) is 8.16. The Labute approximate surface area is 92.5 Å². The summed E-state index contributed by atoms with van der Waals surface area (Å²) in [7, 11) is 0. The van der Waals surface area contributed by atoms with Gasteiger partial charge in [-0.05, 0) is 22.9 Å². The molecule has 0 saturated heterocycles. The summed E-state index contributed by atoms with van der Waals surface area (Å²) in [5.41, 5.74) is 6.25. The number of aryl methyl sites for hydroxylation is 1. The van der Waals surface area contributed by atoms with Gasteiger partial charge >= 0.3 is 0 Å². The third kappa shape index (κ3) is 1.73. The van der Waals surface area contributed by atoms with Crippen LogP contribution >= 0.6 is 27.3 Å². The first-order valence-corrected chi connectivity index (χ1v) is 5.36. The van der Waals surface area contributed by atoms with Gasteiger partial charge in [0.1, 0.15) is 15.3 Å². The summed E-state index contributed by atoms with van der Waals surface area (Å²) in [6, 6.07) is 0. The lowest BCUT2D eigenvalue weighted by atomic mass is 10.4. The van der Waals surface area contributed by atoms with E-state index >= 15 is 0 Å². The van der Waals surface area contributed by atoms with Gasteiger partial charge in [-0.25, -0.2) is 9.97 Å². The normalized spacial score (nSPS) is 10.4. The van der Waals surface area contributed by atoms with Crippen LogP contribution in [0.4, 0.5) is 5.82 Å². The molecule has 0 spiro atoms. The second kappa shape index (κ2) is 3.58. The maximum atomic E-state index is 5.68. The summed E-state index contributed by atoms with van der Waals surface area (Å²) in [5, 5.41) is 9.41. The van der Waals surface area contributed by atoms with E-state index in [4.69, 9.17) is 5.73 Å². The number of nitrogens with zero attached hydrogens (tertiary/aromatic N) is 4. The molecule has 0 unspecified atom stereocenters. The first-order valence-electron chi connectivity index (χ1n) is 3.75. The van der Waals surface area contributed by atoms with E-state index in [1.54, 1.807) is 6.20 Å². The highest BCUT2D eigenvalue weighted by molar-refractivity contribution is 9.10. The molecule has 0 saturated carbocycles. The molecular weight excluding hydrogens is 266 g/mol. The van der Waals surface area contributed by atoms with Crippen molar-refractivity contribution in [1.82, 2.24) is 20.2 Å². The van der Waals surface area contributed by atoms with Crippen LogP contribution in [0.25, 0.3) is 10.7 Å². The second-order valence-electron chi connectivity index (χ2n) is 2.55. The quantitative estimate of drug-likeness (QED) is 0.854. The minimum Gasteiger partial charge on any atom is -0.382 e. The number of halogens is 1. The molecule has 2 aromatic rings. The van der Waals surface area contributed by atoms with Crippen LogP contribution in [0.5, 0.6) is 0 Å². The first kappa shape index (κ1) is 9.47. The fourth-order valence-electron chi connectivity index (χ4n) is 0.927. The zero-order valence-electron chi connectivity index (χ0n) is 7.23. The highest BCUT2D eigenvalue weighted by atomic mass is 79.9. The van der Waals surface area contributed by atoms with Gasteiger partial charge in [0.15, 0.2) is 10.8 Å². The molecule has 0 aliphatic carbocycles. The van der Waals surface area contributed by atoms with Gasteiger partial charge in [-0.15, -0.1) is 10.2 Å². The predicted molar refractivity (Wildman–Crippen MR) is 57.8 cm³/mol. The lowest BCUT2D eigenvalue weighted by Crippen LogP contribution is -1.96. The molecule has 72 valence electrons. The van der Waals surface area contributed by atoms with E-state index in [1.165, 1.54) is 11.3 Å². The molecule has 5 nitrogen and oxygen atoms in total. The average molecular weight is 272 g/mol. The van der Waals surface area contributed by atoms with E-state index in [0.29, 0.717) is 21.1 Å². The number of nitrogens with two attached hydrogens (primary N) is 1. The number of aromatic nitrogens is 4. The lowest BCUT2D eigenvalue weighted by molar-refractivity contribution is 1.04. The maximum absolute atomic E-state index is 5.68. The van der Waals surface area contributed by atoms with Crippen molar-refractivity contribution in [3.05, 3.63) is 15.8 Å². The molecule has 0 bridgehead atoms. The van der Waals surface area contributed by atoms with E-state index in [0.717, 1.165) is 5.01 Å². The van der Waals surface area contributed by atoms with Crippen LogP contribution in [0.1, 0.15) is 5.01 Å². The molecule has 7 heteroatoms. The van der Waals surface area contributed by atoms with Gasteiger partial charge in [0.2, 0.25) is 0 Å². The Morgan fingerprint density at radius 1 is 1.43 bits per heavy atom. The van der Waals surface area contributed by atoms with Crippen molar-refractivity contribution in [2.75, 3.05) is 5.73 Å². The summed E-state index contributed by atoms with van der Waals surface area (Å²) >= 11 is 4.67. The smallest absolute Gasteiger partial charge is 0.170 e. The summed E-state index contributed by atoms with van der Waals surface area (Å²) in [5.74, 6) is 0.365. The second-order valence-corrected chi connectivity index (χ2v) is 4.55. The molecule has 2 aromatic heterocycles. The molecule has 0 fully saturated rings. The third-order valence-corrected chi connectivity index (χ3v) is 2.73. The minimum absolute atomic E-state index is 0.365. The summed E-state index contributed by atoms with van der Waals surface area (Å²) in [6.45, 7) is 1.88. The van der Waals surface area contributed by atoms with Gasteiger partial charge in [-0.3, -0.25) is 0 Å².